The molecule has 1 spiro atoms. The molecule has 2 aliphatic rings. The van der Waals surface area contributed by atoms with E-state index in [1.165, 1.54) is 0 Å². The Kier molecular flexibility index (Phi) is 5.37. The van der Waals surface area contributed by atoms with E-state index in [-0.39, 0.29) is 24.5 Å². The van der Waals surface area contributed by atoms with Crippen LogP contribution in [0.3, 0.4) is 0 Å². The summed E-state index contributed by atoms with van der Waals surface area (Å²) >= 11 is 0. The minimum Gasteiger partial charge on any atom is -0.353 e. The Balaban J connectivity index is 1.98. The van der Waals surface area contributed by atoms with Crippen LogP contribution >= 0.6 is 0 Å². The van der Waals surface area contributed by atoms with Crippen LogP contribution in [-0.4, -0.2) is 41.1 Å². The highest BCUT2D eigenvalue weighted by molar-refractivity contribution is 5.99. The molecule has 0 bridgehead atoms. The number of hydrogen-bond donors (Lipinski definition) is 1. The van der Waals surface area contributed by atoms with E-state index in [1.807, 2.05) is 45.0 Å². The summed E-state index contributed by atoms with van der Waals surface area (Å²) < 4.78 is 6.21. The van der Waals surface area contributed by atoms with Gasteiger partial charge in [0.25, 0.3) is 5.91 Å². The molecular weight excluding hydrogens is 328 g/mol. The van der Waals surface area contributed by atoms with Crippen LogP contribution in [-0.2, 0) is 9.53 Å². The first-order valence-electron chi connectivity index (χ1n) is 9.68. The van der Waals surface area contributed by atoms with Crippen molar-refractivity contribution in [3.05, 3.63) is 35.4 Å². The van der Waals surface area contributed by atoms with Crippen molar-refractivity contribution in [2.45, 2.75) is 71.2 Å². The van der Waals surface area contributed by atoms with E-state index in [0.29, 0.717) is 11.5 Å². The molecule has 1 aromatic rings. The lowest BCUT2D eigenvalue weighted by Crippen LogP contribution is -2.57. The van der Waals surface area contributed by atoms with E-state index >= 15 is 0 Å². The van der Waals surface area contributed by atoms with Crippen LogP contribution in [0, 0.1) is 12.8 Å². The molecule has 0 unspecified atom stereocenters. The van der Waals surface area contributed by atoms with Crippen LogP contribution < -0.4 is 5.32 Å². The van der Waals surface area contributed by atoms with Crippen LogP contribution in [0.25, 0.3) is 0 Å². The number of amides is 2. The molecular formula is C21H30N2O3. The predicted octanol–water partition coefficient (Wildman–Crippen LogP) is 3.27. The zero-order valence-electron chi connectivity index (χ0n) is 16.2. The van der Waals surface area contributed by atoms with E-state index in [0.717, 1.165) is 31.2 Å². The SMILES string of the molecule is Cc1ccccc1C(=O)N1[C@@H](C(=O)NC(C)C)CO[C@@]12CCC[C@H](C)C2. The van der Waals surface area contributed by atoms with Gasteiger partial charge in [-0.15, -0.1) is 0 Å². The summed E-state index contributed by atoms with van der Waals surface area (Å²) in [6.45, 7) is 8.26. The van der Waals surface area contributed by atoms with E-state index in [2.05, 4.69) is 12.2 Å². The van der Waals surface area contributed by atoms with E-state index in [1.54, 1.807) is 4.90 Å². The zero-order chi connectivity index (χ0) is 18.9. The summed E-state index contributed by atoms with van der Waals surface area (Å²) in [5.74, 6) is 0.249. The summed E-state index contributed by atoms with van der Waals surface area (Å²) in [5, 5.41) is 2.96. The molecule has 3 atom stereocenters. The molecule has 1 N–H and O–H groups in total. The second kappa shape index (κ2) is 7.39. The first kappa shape index (κ1) is 18.9. The third-order valence-corrected chi connectivity index (χ3v) is 5.52. The molecule has 1 aliphatic heterocycles. The van der Waals surface area contributed by atoms with Gasteiger partial charge in [-0.2, -0.15) is 0 Å². The fraction of sp³-hybridized carbons (Fsp3) is 0.619. The van der Waals surface area contributed by atoms with E-state index < -0.39 is 11.8 Å². The molecule has 2 fully saturated rings. The van der Waals surface area contributed by atoms with Gasteiger partial charge in [0, 0.05) is 11.6 Å². The minimum atomic E-state index is -0.657. The molecule has 5 nitrogen and oxygen atoms in total. The molecule has 0 radical (unpaired) electrons. The van der Waals surface area contributed by atoms with Gasteiger partial charge in [-0.25, -0.2) is 0 Å². The number of hydrogen-bond acceptors (Lipinski definition) is 3. The number of benzene rings is 1. The fourth-order valence-corrected chi connectivity index (χ4v) is 4.33. The quantitative estimate of drug-likeness (QED) is 0.902. The summed E-state index contributed by atoms with van der Waals surface area (Å²) in [7, 11) is 0. The molecule has 1 aliphatic carbocycles. The van der Waals surface area contributed by atoms with Gasteiger partial charge in [-0.3, -0.25) is 14.5 Å². The number of nitrogens with zero attached hydrogens (tertiary/aromatic N) is 1. The Hall–Kier alpha value is -1.88. The Morgan fingerprint density at radius 3 is 2.69 bits per heavy atom. The smallest absolute Gasteiger partial charge is 0.257 e. The van der Waals surface area contributed by atoms with Crippen molar-refractivity contribution in [1.29, 1.82) is 0 Å². The number of ether oxygens (including phenoxy) is 1. The van der Waals surface area contributed by atoms with Crippen molar-refractivity contribution in [2.24, 2.45) is 5.92 Å². The lowest BCUT2D eigenvalue weighted by Gasteiger charge is -2.43. The van der Waals surface area contributed by atoms with Crippen molar-refractivity contribution in [2.75, 3.05) is 6.61 Å². The summed E-state index contributed by atoms with van der Waals surface area (Å²) in [5.41, 5.74) is 0.917. The monoisotopic (exact) mass is 358 g/mol. The van der Waals surface area contributed by atoms with Crippen LogP contribution in [0.2, 0.25) is 0 Å². The molecule has 26 heavy (non-hydrogen) atoms. The topological polar surface area (TPSA) is 58.6 Å². The number of rotatable bonds is 3. The Morgan fingerprint density at radius 2 is 2.04 bits per heavy atom. The molecule has 1 aromatic carbocycles. The molecule has 3 rings (SSSR count). The Bertz CT molecular complexity index is 688. The molecule has 0 aromatic heterocycles. The van der Waals surface area contributed by atoms with Gasteiger partial charge >= 0.3 is 0 Å². The van der Waals surface area contributed by atoms with Gasteiger partial charge in [-0.05, 0) is 57.6 Å². The highest BCUT2D eigenvalue weighted by Gasteiger charge is 2.54. The van der Waals surface area contributed by atoms with Gasteiger partial charge in [-0.1, -0.05) is 31.5 Å². The third kappa shape index (κ3) is 3.50. The highest BCUT2D eigenvalue weighted by atomic mass is 16.5. The maximum Gasteiger partial charge on any atom is 0.257 e. The molecule has 5 heteroatoms. The fourth-order valence-electron chi connectivity index (χ4n) is 4.33. The zero-order valence-corrected chi connectivity index (χ0v) is 16.2. The van der Waals surface area contributed by atoms with Gasteiger partial charge in [0.2, 0.25) is 5.91 Å². The van der Waals surface area contributed by atoms with Crippen LogP contribution in [0.15, 0.2) is 24.3 Å². The molecule has 1 saturated carbocycles. The predicted molar refractivity (Wildman–Crippen MR) is 101 cm³/mol. The van der Waals surface area contributed by atoms with Gasteiger partial charge in [0.15, 0.2) is 0 Å². The first-order chi connectivity index (χ1) is 12.3. The van der Waals surface area contributed by atoms with E-state index in [9.17, 15) is 9.59 Å². The summed E-state index contributed by atoms with van der Waals surface area (Å²) in [6.07, 6.45) is 3.73. The normalized spacial score (nSPS) is 28.6. The molecule has 142 valence electrons. The van der Waals surface area contributed by atoms with Gasteiger partial charge in [0.1, 0.15) is 11.8 Å². The number of nitrogens with one attached hydrogen (secondary N) is 1. The number of carbonyl (C=O) groups excluding carboxylic acids is 2. The second-order valence-corrected chi connectivity index (χ2v) is 8.13. The van der Waals surface area contributed by atoms with Crippen molar-refractivity contribution >= 4 is 11.8 Å². The third-order valence-electron chi connectivity index (χ3n) is 5.52. The summed E-state index contributed by atoms with van der Waals surface area (Å²) in [4.78, 5) is 28.1. The van der Waals surface area contributed by atoms with Crippen LogP contribution in [0.1, 0.15) is 62.4 Å². The van der Waals surface area contributed by atoms with Crippen molar-refractivity contribution in [1.82, 2.24) is 10.2 Å². The average Bonchev–Trinajstić information content (AvgIpc) is 2.92. The Labute approximate surface area is 156 Å². The molecule has 2 amide bonds. The molecule has 1 saturated heterocycles. The first-order valence-corrected chi connectivity index (χ1v) is 9.68. The lowest BCUT2D eigenvalue weighted by molar-refractivity contribution is -0.128. The maximum atomic E-state index is 13.5. The number of carbonyl (C=O) groups is 2. The van der Waals surface area contributed by atoms with Gasteiger partial charge in [0.05, 0.1) is 6.61 Å². The molecule has 1 heterocycles. The van der Waals surface area contributed by atoms with Crippen LogP contribution in [0.4, 0.5) is 0 Å². The standard InChI is InChI=1S/C21H30N2O3/c1-14(2)22-19(24)18-13-26-21(11-7-8-15(3)12-21)23(18)20(25)17-10-6-5-9-16(17)4/h5-6,9-10,14-15,18H,7-8,11-13H2,1-4H3,(H,22,24)/t15-,18+,21+/m0/s1. The second-order valence-electron chi connectivity index (χ2n) is 8.13. The largest absolute Gasteiger partial charge is 0.353 e. The highest BCUT2D eigenvalue weighted by Crippen LogP contribution is 2.43. The van der Waals surface area contributed by atoms with Crippen LogP contribution in [0.5, 0.6) is 0 Å². The van der Waals surface area contributed by atoms with Crippen molar-refractivity contribution < 1.29 is 14.3 Å². The van der Waals surface area contributed by atoms with Crippen molar-refractivity contribution in [3.63, 3.8) is 0 Å². The number of aryl methyl sites for hydroxylation is 1. The minimum absolute atomic E-state index is 0.0275. The van der Waals surface area contributed by atoms with Gasteiger partial charge < -0.3 is 10.1 Å². The Morgan fingerprint density at radius 1 is 1.31 bits per heavy atom. The summed E-state index contributed by atoms with van der Waals surface area (Å²) in [6, 6.07) is 7.02. The lowest BCUT2D eigenvalue weighted by atomic mass is 9.82. The average molecular weight is 358 g/mol. The maximum absolute atomic E-state index is 13.5. The van der Waals surface area contributed by atoms with Crippen molar-refractivity contribution in [3.8, 4) is 0 Å². The van der Waals surface area contributed by atoms with E-state index in [4.69, 9.17) is 4.74 Å².